The van der Waals surface area contributed by atoms with E-state index >= 15 is 0 Å². The van der Waals surface area contributed by atoms with Crippen LogP contribution in [0.1, 0.15) is 13.3 Å². The molecule has 0 unspecified atom stereocenters. The molecule has 12 heteroatoms. The van der Waals surface area contributed by atoms with Crippen LogP contribution in [0.3, 0.4) is 0 Å². The minimum absolute atomic E-state index is 0.0142. The molecular formula is C19H34N4O8. The molecule has 0 aromatic heterocycles. The van der Waals surface area contributed by atoms with E-state index in [4.69, 9.17) is 0 Å². The fraction of sp³-hybridized carbons (Fsp3) is 0.789. The first-order valence-electron chi connectivity index (χ1n) is 10.4. The van der Waals surface area contributed by atoms with Gasteiger partial charge in [-0.1, -0.05) is 13.3 Å². The molecule has 1 aliphatic heterocycles. The summed E-state index contributed by atoms with van der Waals surface area (Å²) in [5, 5.41) is 36.9. The van der Waals surface area contributed by atoms with Gasteiger partial charge in [0.15, 0.2) is 0 Å². The summed E-state index contributed by atoms with van der Waals surface area (Å²) in [4.78, 5) is 51.9. The van der Waals surface area contributed by atoms with E-state index in [-0.39, 0.29) is 32.1 Å². The van der Waals surface area contributed by atoms with E-state index in [1.54, 1.807) is 19.6 Å². The smallest absolute Gasteiger partial charge is 0.317 e. The van der Waals surface area contributed by atoms with Crippen molar-refractivity contribution >= 4 is 23.9 Å². The van der Waals surface area contributed by atoms with Crippen LogP contribution < -0.4 is 0 Å². The van der Waals surface area contributed by atoms with Crippen LogP contribution in [0.4, 0.5) is 0 Å². The van der Waals surface area contributed by atoms with Crippen molar-refractivity contribution in [2.45, 2.75) is 13.3 Å². The van der Waals surface area contributed by atoms with Crippen LogP contribution in [0.15, 0.2) is 0 Å². The number of hydrogen-bond donors (Lipinski definition) is 4. The Morgan fingerprint density at radius 2 is 0.839 bits per heavy atom. The van der Waals surface area contributed by atoms with Crippen molar-refractivity contribution < 1.29 is 39.6 Å². The van der Waals surface area contributed by atoms with Crippen molar-refractivity contribution in [2.75, 3.05) is 78.5 Å². The highest BCUT2D eigenvalue weighted by Crippen LogP contribution is 2.10. The third-order valence-corrected chi connectivity index (χ3v) is 5.24. The van der Waals surface area contributed by atoms with E-state index in [1.807, 2.05) is 6.92 Å². The topological polar surface area (TPSA) is 162 Å². The SMILES string of the molecule is CCC1CN(CC(=O)O)CCN(CC(=O)O)CCN(CC(=O)O)CCN(CC(=O)O)C1. The van der Waals surface area contributed by atoms with Gasteiger partial charge in [0, 0.05) is 52.4 Å². The molecule has 31 heavy (non-hydrogen) atoms. The molecule has 4 N–H and O–H groups in total. The highest BCUT2D eigenvalue weighted by atomic mass is 16.4. The maximum absolute atomic E-state index is 11.3. The highest BCUT2D eigenvalue weighted by Gasteiger charge is 2.23. The lowest BCUT2D eigenvalue weighted by molar-refractivity contribution is -0.140. The van der Waals surface area contributed by atoms with E-state index in [1.165, 1.54) is 0 Å². The van der Waals surface area contributed by atoms with Gasteiger partial charge in [-0.15, -0.1) is 0 Å². The van der Waals surface area contributed by atoms with Crippen LogP contribution in [-0.2, 0) is 19.2 Å². The van der Waals surface area contributed by atoms with Gasteiger partial charge < -0.3 is 20.4 Å². The quantitative estimate of drug-likeness (QED) is 0.327. The van der Waals surface area contributed by atoms with Gasteiger partial charge in [-0.2, -0.15) is 0 Å². The predicted molar refractivity (Wildman–Crippen MR) is 110 cm³/mol. The van der Waals surface area contributed by atoms with Crippen LogP contribution in [-0.4, -0.2) is 142 Å². The Labute approximate surface area is 181 Å². The van der Waals surface area contributed by atoms with E-state index in [9.17, 15) is 39.6 Å². The van der Waals surface area contributed by atoms with Crippen LogP contribution in [0, 0.1) is 5.92 Å². The van der Waals surface area contributed by atoms with Crippen molar-refractivity contribution in [1.29, 1.82) is 0 Å². The Balaban J connectivity index is 3.08. The van der Waals surface area contributed by atoms with Crippen molar-refractivity contribution in [2.24, 2.45) is 5.92 Å². The van der Waals surface area contributed by atoms with Gasteiger partial charge in [-0.25, -0.2) is 0 Å². The van der Waals surface area contributed by atoms with Crippen molar-refractivity contribution in [3.8, 4) is 0 Å². The molecule has 1 heterocycles. The molecule has 0 radical (unpaired) electrons. The lowest BCUT2D eigenvalue weighted by Gasteiger charge is -2.30. The Hall–Kier alpha value is -2.28. The van der Waals surface area contributed by atoms with E-state index in [0.29, 0.717) is 58.8 Å². The third kappa shape index (κ3) is 12.2. The number of aliphatic carboxylic acids is 4. The number of carbonyl (C=O) groups is 4. The van der Waals surface area contributed by atoms with Gasteiger partial charge in [0.05, 0.1) is 26.2 Å². The normalized spacial score (nSPS) is 19.8. The number of carboxylic acid groups (broad SMARTS) is 4. The molecule has 0 atom stereocenters. The van der Waals surface area contributed by atoms with Crippen molar-refractivity contribution in [1.82, 2.24) is 19.6 Å². The molecule has 1 rings (SSSR count). The zero-order valence-corrected chi connectivity index (χ0v) is 18.0. The lowest BCUT2D eigenvalue weighted by Crippen LogP contribution is -2.44. The first kappa shape index (κ1) is 26.8. The second-order valence-corrected chi connectivity index (χ2v) is 7.87. The largest absolute Gasteiger partial charge is 0.480 e. The monoisotopic (exact) mass is 446 g/mol. The third-order valence-electron chi connectivity index (χ3n) is 5.24. The van der Waals surface area contributed by atoms with Gasteiger partial charge in [0.2, 0.25) is 0 Å². The number of rotatable bonds is 9. The number of nitrogens with zero attached hydrogens (tertiary/aromatic N) is 4. The zero-order valence-electron chi connectivity index (χ0n) is 18.0. The minimum atomic E-state index is -1.02. The summed E-state index contributed by atoms with van der Waals surface area (Å²) in [5.41, 5.74) is 0. The van der Waals surface area contributed by atoms with Crippen molar-refractivity contribution in [3.05, 3.63) is 0 Å². The Kier molecular flexibility index (Phi) is 12.0. The van der Waals surface area contributed by atoms with E-state index in [2.05, 4.69) is 0 Å². The second kappa shape index (κ2) is 13.9. The fourth-order valence-corrected chi connectivity index (χ4v) is 3.67. The van der Waals surface area contributed by atoms with Crippen LogP contribution in [0.2, 0.25) is 0 Å². The fourth-order valence-electron chi connectivity index (χ4n) is 3.67. The maximum Gasteiger partial charge on any atom is 0.317 e. The number of hydrogen-bond acceptors (Lipinski definition) is 8. The summed E-state index contributed by atoms with van der Waals surface area (Å²) in [5.74, 6) is -3.99. The summed E-state index contributed by atoms with van der Waals surface area (Å²) in [6.07, 6.45) is 0.712. The molecule has 0 amide bonds. The molecule has 0 aromatic rings. The van der Waals surface area contributed by atoms with E-state index in [0.717, 1.165) is 0 Å². The molecule has 0 bridgehead atoms. The van der Waals surface area contributed by atoms with Crippen LogP contribution in [0.25, 0.3) is 0 Å². The maximum atomic E-state index is 11.3. The van der Waals surface area contributed by atoms with Crippen molar-refractivity contribution in [3.63, 3.8) is 0 Å². The number of carboxylic acids is 4. The highest BCUT2D eigenvalue weighted by molar-refractivity contribution is 5.70. The molecule has 0 saturated carbocycles. The average Bonchev–Trinajstić information content (AvgIpc) is 2.65. The zero-order chi connectivity index (χ0) is 23.4. The standard InChI is InChI=1S/C19H34N4O8/c1-2-15-9-22(13-18(28)29)7-5-20(11-16(24)25)3-4-21(12-17(26)27)6-8-23(10-15)14-19(30)31/h15H,2-14H2,1H3,(H,24,25)(H,26,27)(H,28,29)(H,30,31). The van der Waals surface area contributed by atoms with Gasteiger partial charge in [-0.05, 0) is 5.92 Å². The second-order valence-electron chi connectivity index (χ2n) is 7.87. The summed E-state index contributed by atoms with van der Waals surface area (Å²) < 4.78 is 0. The molecule has 0 aromatic carbocycles. The molecule has 1 saturated heterocycles. The molecule has 12 nitrogen and oxygen atoms in total. The molecular weight excluding hydrogens is 412 g/mol. The van der Waals surface area contributed by atoms with E-state index < -0.39 is 23.9 Å². The molecule has 1 fully saturated rings. The molecule has 0 aliphatic carbocycles. The minimum Gasteiger partial charge on any atom is -0.480 e. The van der Waals surface area contributed by atoms with Gasteiger partial charge in [0.25, 0.3) is 0 Å². The molecule has 0 spiro atoms. The lowest BCUT2D eigenvalue weighted by atomic mass is 10.0. The van der Waals surface area contributed by atoms with Crippen LogP contribution in [0.5, 0.6) is 0 Å². The van der Waals surface area contributed by atoms with Gasteiger partial charge in [0.1, 0.15) is 0 Å². The van der Waals surface area contributed by atoms with Gasteiger partial charge in [-0.3, -0.25) is 38.8 Å². The Morgan fingerprint density at radius 1 is 0.581 bits per heavy atom. The van der Waals surface area contributed by atoms with Gasteiger partial charge >= 0.3 is 23.9 Å². The first-order valence-corrected chi connectivity index (χ1v) is 10.4. The first-order chi connectivity index (χ1) is 14.6. The summed E-state index contributed by atoms with van der Waals surface area (Å²) >= 11 is 0. The Bertz CT molecular complexity index is 568. The molecule has 1 aliphatic rings. The summed E-state index contributed by atoms with van der Waals surface area (Å²) in [6, 6.07) is 0. The average molecular weight is 447 g/mol. The Morgan fingerprint density at radius 3 is 1.10 bits per heavy atom. The molecule has 178 valence electrons. The predicted octanol–water partition coefficient (Wildman–Crippen LogP) is -1.43. The summed E-state index contributed by atoms with van der Waals surface area (Å²) in [7, 11) is 0. The van der Waals surface area contributed by atoms with Crippen LogP contribution >= 0.6 is 0 Å². The summed E-state index contributed by atoms with van der Waals surface area (Å²) in [6.45, 7) is 3.93.